The molecule has 0 saturated heterocycles. The van der Waals surface area contributed by atoms with Crippen LogP contribution in [0.1, 0.15) is 12.8 Å². The average Bonchev–Trinajstić information content (AvgIpc) is 3.15. The summed E-state index contributed by atoms with van der Waals surface area (Å²) in [5, 5.41) is 13.1. The first-order valence-electron chi connectivity index (χ1n) is 6.47. The van der Waals surface area contributed by atoms with Crippen LogP contribution in [0.15, 0.2) is 24.3 Å². The lowest BCUT2D eigenvalue weighted by Crippen LogP contribution is -2.36. The Morgan fingerprint density at radius 2 is 2.21 bits per heavy atom. The van der Waals surface area contributed by atoms with Crippen LogP contribution in [0.25, 0.3) is 0 Å². The van der Waals surface area contributed by atoms with Gasteiger partial charge in [0.1, 0.15) is 0 Å². The van der Waals surface area contributed by atoms with E-state index in [4.69, 9.17) is 11.6 Å². The quantitative estimate of drug-likeness (QED) is 0.839. The molecule has 1 saturated carbocycles. The highest BCUT2D eigenvalue weighted by atomic mass is 35.5. The molecular formula is C14H19ClN2O2. The van der Waals surface area contributed by atoms with Crippen molar-refractivity contribution in [1.29, 1.82) is 0 Å². The first-order chi connectivity index (χ1) is 9.06. The van der Waals surface area contributed by atoms with Gasteiger partial charge < -0.3 is 10.4 Å². The van der Waals surface area contributed by atoms with Crippen molar-refractivity contribution < 1.29 is 9.90 Å². The van der Waals surface area contributed by atoms with Gasteiger partial charge in [0.25, 0.3) is 0 Å². The van der Waals surface area contributed by atoms with E-state index < -0.39 is 0 Å². The summed E-state index contributed by atoms with van der Waals surface area (Å²) in [5.74, 6) is 0.299. The Hall–Kier alpha value is -1.10. The number of nitrogens with zero attached hydrogens (tertiary/aromatic N) is 1. The summed E-state index contributed by atoms with van der Waals surface area (Å²) in [4.78, 5) is 13.7. The highest BCUT2D eigenvalue weighted by Crippen LogP contribution is 2.32. The van der Waals surface area contributed by atoms with Crippen molar-refractivity contribution in [3.05, 3.63) is 29.3 Å². The fraction of sp³-hybridized carbons (Fsp3) is 0.500. The van der Waals surface area contributed by atoms with Crippen molar-refractivity contribution in [1.82, 2.24) is 4.90 Å². The topological polar surface area (TPSA) is 52.6 Å². The highest BCUT2D eigenvalue weighted by molar-refractivity contribution is 6.33. The lowest BCUT2D eigenvalue weighted by Gasteiger charge is -2.20. The van der Waals surface area contributed by atoms with Crippen LogP contribution in [-0.4, -0.2) is 42.2 Å². The molecule has 19 heavy (non-hydrogen) atoms. The molecule has 104 valence electrons. The minimum Gasteiger partial charge on any atom is -0.392 e. The minimum atomic E-state index is -0.321. The SMILES string of the molecule is CN(CC(=O)Nc1ccccc1Cl)CC(O)C1CC1. The molecule has 2 rings (SSSR count). The van der Waals surface area contributed by atoms with Crippen LogP contribution in [0.5, 0.6) is 0 Å². The molecule has 0 heterocycles. The van der Waals surface area contributed by atoms with E-state index in [1.54, 1.807) is 12.1 Å². The molecule has 1 unspecified atom stereocenters. The fourth-order valence-corrected chi connectivity index (χ4v) is 2.19. The van der Waals surface area contributed by atoms with Gasteiger partial charge in [-0.25, -0.2) is 0 Å². The van der Waals surface area contributed by atoms with E-state index in [1.807, 2.05) is 24.1 Å². The molecule has 1 amide bonds. The number of halogens is 1. The number of likely N-dealkylation sites (N-methyl/N-ethyl adjacent to an activating group) is 1. The average molecular weight is 283 g/mol. The molecule has 0 spiro atoms. The van der Waals surface area contributed by atoms with Gasteiger partial charge in [-0.2, -0.15) is 0 Å². The van der Waals surface area contributed by atoms with Crippen molar-refractivity contribution >= 4 is 23.2 Å². The second-order valence-electron chi connectivity index (χ2n) is 5.13. The van der Waals surface area contributed by atoms with Gasteiger partial charge in [0, 0.05) is 6.54 Å². The molecule has 1 aliphatic rings. The van der Waals surface area contributed by atoms with Gasteiger partial charge in [0.2, 0.25) is 5.91 Å². The zero-order valence-corrected chi connectivity index (χ0v) is 11.7. The standard InChI is InChI=1S/C14H19ClN2O2/c1-17(8-13(18)10-6-7-10)9-14(19)16-12-5-3-2-4-11(12)15/h2-5,10,13,18H,6-9H2,1H3,(H,16,19). The van der Waals surface area contributed by atoms with Crippen molar-refractivity contribution in [3.8, 4) is 0 Å². The zero-order valence-electron chi connectivity index (χ0n) is 11.0. The lowest BCUT2D eigenvalue weighted by molar-refractivity contribution is -0.117. The van der Waals surface area contributed by atoms with Crippen LogP contribution in [-0.2, 0) is 4.79 Å². The first kappa shape index (κ1) is 14.3. The number of hydrogen-bond donors (Lipinski definition) is 2. The Labute approximate surface area is 118 Å². The first-order valence-corrected chi connectivity index (χ1v) is 6.85. The Balaban J connectivity index is 1.78. The molecule has 0 bridgehead atoms. The molecule has 0 radical (unpaired) electrons. The third kappa shape index (κ3) is 4.49. The second-order valence-corrected chi connectivity index (χ2v) is 5.54. The predicted molar refractivity (Wildman–Crippen MR) is 76.3 cm³/mol. The molecule has 1 fully saturated rings. The smallest absolute Gasteiger partial charge is 0.238 e. The summed E-state index contributed by atoms with van der Waals surface area (Å²) in [5.41, 5.74) is 0.616. The monoisotopic (exact) mass is 282 g/mol. The number of aliphatic hydroxyl groups excluding tert-OH is 1. The van der Waals surface area contributed by atoms with Crippen LogP contribution in [0.3, 0.4) is 0 Å². The van der Waals surface area contributed by atoms with Gasteiger partial charge >= 0.3 is 0 Å². The van der Waals surface area contributed by atoms with Crippen LogP contribution in [0.4, 0.5) is 5.69 Å². The summed E-state index contributed by atoms with van der Waals surface area (Å²) in [6, 6.07) is 7.13. The van der Waals surface area contributed by atoms with E-state index >= 15 is 0 Å². The Kier molecular flexibility index (Phi) is 4.80. The van der Waals surface area contributed by atoms with E-state index in [-0.39, 0.29) is 18.6 Å². The fourth-order valence-electron chi connectivity index (χ4n) is 2.01. The molecular weight excluding hydrogens is 264 g/mol. The molecule has 0 aliphatic heterocycles. The molecule has 1 aromatic carbocycles. The van der Waals surface area contributed by atoms with Crippen molar-refractivity contribution in [2.45, 2.75) is 18.9 Å². The number of nitrogens with one attached hydrogen (secondary N) is 1. The molecule has 5 heteroatoms. The molecule has 1 aromatic rings. The summed E-state index contributed by atoms with van der Waals surface area (Å²) < 4.78 is 0. The van der Waals surface area contributed by atoms with Crippen LogP contribution >= 0.6 is 11.6 Å². The van der Waals surface area contributed by atoms with Crippen molar-refractivity contribution in [2.24, 2.45) is 5.92 Å². The Morgan fingerprint density at radius 3 is 2.84 bits per heavy atom. The van der Waals surface area contributed by atoms with E-state index in [1.165, 1.54) is 0 Å². The molecule has 4 nitrogen and oxygen atoms in total. The van der Waals surface area contributed by atoms with Gasteiger partial charge in [-0.15, -0.1) is 0 Å². The summed E-state index contributed by atoms with van der Waals surface area (Å²) in [6.07, 6.45) is 1.87. The summed E-state index contributed by atoms with van der Waals surface area (Å²) in [7, 11) is 1.83. The number of amides is 1. The maximum absolute atomic E-state index is 11.8. The van der Waals surface area contributed by atoms with Crippen LogP contribution < -0.4 is 5.32 Å². The maximum atomic E-state index is 11.8. The van der Waals surface area contributed by atoms with Crippen LogP contribution in [0, 0.1) is 5.92 Å². The Morgan fingerprint density at radius 1 is 1.53 bits per heavy atom. The molecule has 0 aromatic heterocycles. The number of carbonyl (C=O) groups excluding carboxylic acids is 1. The van der Waals surface area contributed by atoms with Gasteiger partial charge in [-0.3, -0.25) is 9.69 Å². The van der Waals surface area contributed by atoms with Gasteiger partial charge in [0.05, 0.1) is 23.4 Å². The van der Waals surface area contributed by atoms with Gasteiger partial charge in [-0.1, -0.05) is 23.7 Å². The normalized spacial score (nSPS) is 16.4. The van der Waals surface area contributed by atoms with Crippen molar-refractivity contribution in [3.63, 3.8) is 0 Å². The Bertz CT molecular complexity index is 449. The van der Waals surface area contributed by atoms with E-state index in [9.17, 15) is 9.90 Å². The number of rotatable bonds is 6. The van der Waals surface area contributed by atoms with Crippen molar-refractivity contribution in [2.75, 3.05) is 25.5 Å². The van der Waals surface area contributed by atoms with Gasteiger partial charge in [-0.05, 0) is 37.9 Å². The zero-order chi connectivity index (χ0) is 13.8. The number of anilines is 1. The third-order valence-corrected chi connectivity index (χ3v) is 3.56. The highest BCUT2D eigenvalue weighted by Gasteiger charge is 2.30. The number of carbonyl (C=O) groups is 1. The minimum absolute atomic E-state index is 0.126. The summed E-state index contributed by atoms with van der Waals surface area (Å²) >= 11 is 5.97. The predicted octanol–water partition coefficient (Wildman–Crippen LogP) is 1.98. The van der Waals surface area contributed by atoms with E-state index in [2.05, 4.69) is 5.32 Å². The number of aliphatic hydroxyl groups is 1. The summed E-state index contributed by atoms with van der Waals surface area (Å²) in [6.45, 7) is 0.773. The largest absolute Gasteiger partial charge is 0.392 e. The molecule has 1 atom stereocenters. The second kappa shape index (κ2) is 6.37. The molecule has 2 N–H and O–H groups in total. The lowest BCUT2D eigenvalue weighted by atomic mass is 10.2. The number of benzene rings is 1. The van der Waals surface area contributed by atoms with E-state index in [0.717, 1.165) is 12.8 Å². The maximum Gasteiger partial charge on any atom is 0.238 e. The number of hydrogen-bond acceptors (Lipinski definition) is 3. The van der Waals surface area contributed by atoms with Gasteiger partial charge in [0.15, 0.2) is 0 Å². The van der Waals surface area contributed by atoms with Crippen LogP contribution in [0.2, 0.25) is 5.02 Å². The van der Waals surface area contributed by atoms with E-state index in [0.29, 0.717) is 23.2 Å². The number of para-hydroxylation sites is 1. The third-order valence-electron chi connectivity index (χ3n) is 3.23. The molecule has 1 aliphatic carbocycles.